The van der Waals surface area contributed by atoms with Gasteiger partial charge in [-0.1, -0.05) is 11.8 Å². The van der Waals surface area contributed by atoms with E-state index in [-0.39, 0.29) is 10.9 Å². The Kier molecular flexibility index (Phi) is 4.50. The van der Waals surface area contributed by atoms with Crippen molar-refractivity contribution in [2.45, 2.75) is 29.2 Å². The van der Waals surface area contributed by atoms with Crippen LogP contribution in [0.15, 0.2) is 46.5 Å². The average Bonchev–Trinajstić information content (AvgIpc) is 2.34. The molecule has 0 aliphatic rings. The molecule has 1 aromatic carbocycles. The van der Waals surface area contributed by atoms with E-state index >= 15 is 0 Å². The van der Waals surface area contributed by atoms with Crippen molar-refractivity contribution < 1.29 is 8.78 Å². The number of pyridine rings is 1. The van der Waals surface area contributed by atoms with Crippen molar-refractivity contribution in [2.75, 3.05) is 0 Å². The third-order valence-corrected chi connectivity index (χ3v) is 3.59. The lowest BCUT2D eigenvalue weighted by Gasteiger charge is -2.09. The molecule has 1 heterocycles. The molecule has 2 aromatic rings. The predicted octanol–water partition coefficient (Wildman–Crippen LogP) is 3.40. The maximum atomic E-state index is 13.9. The first-order chi connectivity index (χ1) is 9.06. The average molecular weight is 280 g/mol. The minimum atomic E-state index is -0.558. The standard InChI is InChI=1S/C14H14F2N2S/c1-9(17)6-10-7-12(15)14(13(16)8-10)19-11-2-4-18-5-3-11/h2-5,7-9H,6,17H2,1H3. The Bertz CT molecular complexity index is 536. The van der Waals surface area contributed by atoms with Crippen LogP contribution in [0.25, 0.3) is 0 Å². The quantitative estimate of drug-likeness (QED) is 0.933. The predicted molar refractivity (Wildman–Crippen MR) is 72.1 cm³/mol. The molecular formula is C14H14F2N2S. The minimum Gasteiger partial charge on any atom is -0.328 e. The van der Waals surface area contributed by atoms with Gasteiger partial charge in [0.25, 0.3) is 0 Å². The molecular weight excluding hydrogens is 266 g/mol. The van der Waals surface area contributed by atoms with E-state index in [9.17, 15) is 8.78 Å². The summed E-state index contributed by atoms with van der Waals surface area (Å²) in [7, 11) is 0. The van der Waals surface area contributed by atoms with Gasteiger partial charge in [0, 0.05) is 23.3 Å². The zero-order valence-electron chi connectivity index (χ0n) is 10.4. The van der Waals surface area contributed by atoms with Crippen molar-refractivity contribution in [3.63, 3.8) is 0 Å². The maximum Gasteiger partial charge on any atom is 0.140 e. The van der Waals surface area contributed by atoms with Gasteiger partial charge in [0.1, 0.15) is 11.6 Å². The van der Waals surface area contributed by atoms with Crippen molar-refractivity contribution in [1.82, 2.24) is 4.98 Å². The van der Waals surface area contributed by atoms with E-state index in [4.69, 9.17) is 5.73 Å². The Labute approximate surface area is 115 Å². The zero-order valence-corrected chi connectivity index (χ0v) is 11.3. The molecule has 2 rings (SSSR count). The second-order valence-electron chi connectivity index (χ2n) is 4.35. The Hall–Kier alpha value is -1.46. The van der Waals surface area contributed by atoms with Crippen LogP contribution in [0.2, 0.25) is 0 Å². The van der Waals surface area contributed by atoms with Gasteiger partial charge in [0.05, 0.1) is 4.90 Å². The van der Waals surface area contributed by atoms with Crippen LogP contribution in [-0.4, -0.2) is 11.0 Å². The molecule has 100 valence electrons. The van der Waals surface area contributed by atoms with E-state index in [1.54, 1.807) is 31.5 Å². The monoisotopic (exact) mass is 280 g/mol. The third-order valence-electron chi connectivity index (χ3n) is 2.49. The van der Waals surface area contributed by atoms with E-state index in [0.717, 1.165) is 16.7 Å². The van der Waals surface area contributed by atoms with Crippen LogP contribution in [0.5, 0.6) is 0 Å². The van der Waals surface area contributed by atoms with E-state index in [2.05, 4.69) is 4.98 Å². The Morgan fingerprint density at radius 1 is 1.21 bits per heavy atom. The van der Waals surface area contributed by atoms with Crippen LogP contribution in [0.1, 0.15) is 12.5 Å². The van der Waals surface area contributed by atoms with Gasteiger partial charge in [-0.3, -0.25) is 4.98 Å². The summed E-state index contributed by atoms with van der Waals surface area (Å²) in [5.74, 6) is -1.12. The van der Waals surface area contributed by atoms with E-state index in [0.29, 0.717) is 12.0 Å². The number of hydrogen-bond donors (Lipinski definition) is 1. The van der Waals surface area contributed by atoms with Crippen LogP contribution in [0.4, 0.5) is 8.78 Å². The largest absolute Gasteiger partial charge is 0.328 e. The first-order valence-electron chi connectivity index (χ1n) is 5.87. The first kappa shape index (κ1) is 14.0. The summed E-state index contributed by atoms with van der Waals surface area (Å²) in [5.41, 5.74) is 6.20. The molecule has 1 atom stereocenters. The Morgan fingerprint density at radius 2 is 1.79 bits per heavy atom. The molecule has 0 aliphatic heterocycles. The lowest BCUT2D eigenvalue weighted by molar-refractivity contribution is 0.535. The number of nitrogens with zero attached hydrogens (tertiary/aromatic N) is 1. The van der Waals surface area contributed by atoms with Crippen LogP contribution in [0, 0.1) is 11.6 Å². The number of halogens is 2. The lowest BCUT2D eigenvalue weighted by atomic mass is 10.1. The molecule has 1 aromatic heterocycles. The number of hydrogen-bond acceptors (Lipinski definition) is 3. The highest BCUT2D eigenvalue weighted by molar-refractivity contribution is 7.99. The van der Waals surface area contributed by atoms with E-state index in [1.807, 2.05) is 0 Å². The van der Waals surface area contributed by atoms with Gasteiger partial charge in [-0.05, 0) is 43.2 Å². The zero-order chi connectivity index (χ0) is 13.8. The van der Waals surface area contributed by atoms with Gasteiger partial charge in [0.2, 0.25) is 0 Å². The highest BCUT2D eigenvalue weighted by Gasteiger charge is 2.13. The SMILES string of the molecule is CC(N)Cc1cc(F)c(Sc2ccncc2)c(F)c1. The van der Waals surface area contributed by atoms with Gasteiger partial charge in [-0.15, -0.1) is 0 Å². The van der Waals surface area contributed by atoms with Gasteiger partial charge in [0.15, 0.2) is 0 Å². The fraction of sp³-hybridized carbons (Fsp3) is 0.214. The smallest absolute Gasteiger partial charge is 0.140 e. The highest BCUT2D eigenvalue weighted by atomic mass is 32.2. The fourth-order valence-corrected chi connectivity index (χ4v) is 2.53. The summed E-state index contributed by atoms with van der Waals surface area (Å²) in [6.07, 6.45) is 3.62. The summed E-state index contributed by atoms with van der Waals surface area (Å²) in [5, 5.41) is 0. The van der Waals surface area contributed by atoms with Crippen molar-refractivity contribution in [3.05, 3.63) is 53.9 Å². The molecule has 0 fully saturated rings. The molecule has 0 saturated heterocycles. The summed E-state index contributed by atoms with van der Waals surface area (Å²) >= 11 is 1.05. The van der Waals surface area contributed by atoms with Gasteiger partial charge >= 0.3 is 0 Å². The number of rotatable bonds is 4. The summed E-state index contributed by atoms with van der Waals surface area (Å²) < 4.78 is 27.9. The molecule has 0 bridgehead atoms. The molecule has 0 saturated carbocycles. The molecule has 0 aliphatic carbocycles. The molecule has 0 spiro atoms. The fourth-order valence-electron chi connectivity index (χ4n) is 1.72. The maximum absolute atomic E-state index is 13.9. The normalized spacial score (nSPS) is 12.4. The summed E-state index contributed by atoms with van der Waals surface area (Å²) in [4.78, 5) is 4.61. The van der Waals surface area contributed by atoms with Crippen molar-refractivity contribution in [1.29, 1.82) is 0 Å². The second-order valence-corrected chi connectivity index (χ2v) is 5.44. The molecule has 1 unspecified atom stereocenters. The van der Waals surface area contributed by atoms with Gasteiger partial charge in [-0.25, -0.2) is 8.78 Å². The molecule has 0 radical (unpaired) electrons. The summed E-state index contributed by atoms with van der Waals surface area (Å²) in [6, 6.07) is 5.97. The minimum absolute atomic E-state index is 0.000348. The topological polar surface area (TPSA) is 38.9 Å². The second kappa shape index (κ2) is 6.12. The van der Waals surface area contributed by atoms with Crippen LogP contribution >= 0.6 is 11.8 Å². The van der Waals surface area contributed by atoms with Gasteiger partial charge < -0.3 is 5.73 Å². The van der Waals surface area contributed by atoms with E-state index < -0.39 is 11.6 Å². The summed E-state index contributed by atoms with van der Waals surface area (Å²) in [6.45, 7) is 1.80. The first-order valence-corrected chi connectivity index (χ1v) is 6.69. The Morgan fingerprint density at radius 3 is 2.32 bits per heavy atom. The molecule has 2 nitrogen and oxygen atoms in total. The Balaban J connectivity index is 2.27. The molecule has 0 amide bonds. The van der Waals surface area contributed by atoms with Gasteiger partial charge in [-0.2, -0.15) is 0 Å². The van der Waals surface area contributed by atoms with Crippen LogP contribution < -0.4 is 5.73 Å². The van der Waals surface area contributed by atoms with Crippen LogP contribution in [0.3, 0.4) is 0 Å². The highest BCUT2D eigenvalue weighted by Crippen LogP contribution is 2.32. The third kappa shape index (κ3) is 3.75. The number of benzene rings is 1. The molecule has 2 N–H and O–H groups in total. The number of nitrogens with two attached hydrogens (primary N) is 1. The lowest BCUT2D eigenvalue weighted by Crippen LogP contribution is -2.18. The van der Waals surface area contributed by atoms with Crippen LogP contribution in [-0.2, 0) is 6.42 Å². The van der Waals surface area contributed by atoms with Crippen molar-refractivity contribution in [3.8, 4) is 0 Å². The molecule has 19 heavy (non-hydrogen) atoms. The van der Waals surface area contributed by atoms with E-state index in [1.165, 1.54) is 12.1 Å². The van der Waals surface area contributed by atoms with Crippen molar-refractivity contribution in [2.24, 2.45) is 5.73 Å². The molecule has 5 heteroatoms. The number of aromatic nitrogens is 1. The van der Waals surface area contributed by atoms with Crippen molar-refractivity contribution >= 4 is 11.8 Å².